The number of benzene rings is 2. The SMILES string of the molecule is Cc1ccc(C(=O)N2CCC3(CCN(Cc4ccccc4OCC(C)C)CC3)C2)cc1Cl. The lowest BCUT2D eigenvalue weighted by Crippen LogP contribution is -2.42. The summed E-state index contributed by atoms with van der Waals surface area (Å²) >= 11 is 6.25. The molecule has 2 heterocycles. The molecule has 2 aliphatic heterocycles. The number of hydrogen-bond donors (Lipinski definition) is 0. The molecule has 172 valence electrons. The van der Waals surface area contributed by atoms with Crippen LogP contribution in [0.15, 0.2) is 42.5 Å². The number of likely N-dealkylation sites (tertiary alicyclic amines) is 2. The van der Waals surface area contributed by atoms with Crippen LogP contribution in [0.4, 0.5) is 0 Å². The van der Waals surface area contributed by atoms with E-state index in [1.807, 2.05) is 30.0 Å². The quantitative estimate of drug-likeness (QED) is 0.552. The molecular weight excluding hydrogens is 420 g/mol. The van der Waals surface area contributed by atoms with Crippen LogP contribution in [-0.4, -0.2) is 48.5 Å². The van der Waals surface area contributed by atoms with Crippen LogP contribution in [-0.2, 0) is 6.54 Å². The standard InChI is InChI=1S/C27H35ClN2O2/c1-20(2)18-32-25-7-5-4-6-23(25)17-29-13-10-27(11-14-29)12-15-30(19-27)26(31)22-9-8-21(3)24(28)16-22/h4-9,16,20H,10-15,17-19H2,1-3H3. The minimum atomic E-state index is 0.113. The highest BCUT2D eigenvalue weighted by Crippen LogP contribution is 2.41. The van der Waals surface area contributed by atoms with Crippen LogP contribution >= 0.6 is 11.6 Å². The van der Waals surface area contributed by atoms with Gasteiger partial charge in [0.25, 0.3) is 5.91 Å². The van der Waals surface area contributed by atoms with Gasteiger partial charge >= 0.3 is 0 Å². The maximum atomic E-state index is 13.0. The van der Waals surface area contributed by atoms with Gasteiger partial charge in [0.15, 0.2) is 0 Å². The van der Waals surface area contributed by atoms with E-state index in [-0.39, 0.29) is 11.3 Å². The Morgan fingerprint density at radius 2 is 1.81 bits per heavy atom. The number of halogens is 1. The molecule has 0 bridgehead atoms. The first-order valence-electron chi connectivity index (χ1n) is 11.8. The number of para-hydroxylation sites is 1. The van der Waals surface area contributed by atoms with E-state index >= 15 is 0 Å². The molecule has 0 atom stereocenters. The third-order valence-electron chi connectivity index (χ3n) is 7.00. The summed E-state index contributed by atoms with van der Waals surface area (Å²) in [5.41, 5.74) is 3.23. The fourth-order valence-corrected chi connectivity index (χ4v) is 5.06. The van der Waals surface area contributed by atoms with E-state index in [0.717, 1.165) is 69.9 Å². The molecule has 2 saturated heterocycles. The average molecular weight is 455 g/mol. The highest BCUT2D eigenvalue weighted by atomic mass is 35.5. The Balaban J connectivity index is 1.33. The van der Waals surface area contributed by atoms with Crippen molar-refractivity contribution in [2.45, 2.75) is 46.6 Å². The summed E-state index contributed by atoms with van der Waals surface area (Å²) in [5, 5.41) is 0.663. The molecule has 2 aromatic rings. The Morgan fingerprint density at radius 1 is 1.09 bits per heavy atom. The summed E-state index contributed by atoms with van der Waals surface area (Å²) in [6.07, 6.45) is 3.38. The van der Waals surface area contributed by atoms with E-state index in [1.54, 1.807) is 0 Å². The number of piperidine rings is 1. The zero-order valence-corrected chi connectivity index (χ0v) is 20.3. The lowest BCUT2D eigenvalue weighted by molar-refractivity contribution is 0.0712. The number of amides is 1. The number of nitrogens with zero attached hydrogens (tertiary/aromatic N) is 2. The number of ether oxygens (including phenoxy) is 1. The summed E-state index contributed by atoms with van der Waals surface area (Å²) in [5.74, 6) is 1.64. The maximum Gasteiger partial charge on any atom is 0.253 e. The van der Waals surface area contributed by atoms with Crippen molar-refractivity contribution in [3.05, 3.63) is 64.2 Å². The Bertz CT molecular complexity index is 950. The predicted molar refractivity (Wildman–Crippen MR) is 130 cm³/mol. The van der Waals surface area contributed by atoms with Gasteiger partial charge in [0.2, 0.25) is 0 Å². The number of aryl methyl sites for hydroxylation is 1. The van der Waals surface area contributed by atoms with Gasteiger partial charge in [-0.1, -0.05) is 49.7 Å². The molecular formula is C27H35ClN2O2. The Kier molecular flexibility index (Phi) is 7.11. The van der Waals surface area contributed by atoms with Crippen molar-refractivity contribution in [2.24, 2.45) is 11.3 Å². The van der Waals surface area contributed by atoms with E-state index in [2.05, 4.69) is 43.0 Å². The van der Waals surface area contributed by atoms with Gasteiger partial charge in [-0.05, 0) is 74.4 Å². The first-order valence-corrected chi connectivity index (χ1v) is 12.2. The molecule has 4 rings (SSSR count). The van der Waals surface area contributed by atoms with Crippen LogP contribution in [0.25, 0.3) is 0 Å². The highest BCUT2D eigenvalue weighted by Gasteiger charge is 2.42. The average Bonchev–Trinajstić information content (AvgIpc) is 3.20. The van der Waals surface area contributed by atoms with Crippen molar-refractivity contribution in [2.75, 3.05) is 32.8 Å². The van der Waals surface area contributed by atoms with Gasteiger partial charge in [0.1, 0.15) is 5.75 Å². The third-order valence-corrected chi connectivity index (χ3v) is 7.41. The van der Waals surface area contributed by atoms with Crippen LogP contribution in [0.1, 0.15) is 54.6 Å². The van der Waals surface area contributed by atoms with E-state index in [0.29, 0.717) is 16.5 Å². The molecule has 2 aromatic carbocycles. The molecule has 1 spiro atoms. The van der Waals surface area contributed by atoms with Gasteiger partial charge in [0, 0.05) is 35.8 Å². The summed E-state index contributed by atoms with van der Waals surface area (Å²) in [7, 11) is 0. The molecule has 2 fully saturated rings. The fraction of sp³-hybridized carbons (Fsp3) is 0.519. The predicted octanol–water partition coefficient (Wildman–Crippen LogP) is 5.81. The Hall–Kier alpha value is -2.04. The molecule has 1 amide bonds. The van der Waals surface area contributed by atoms with E-state index in [1.165, 1.54) is 5.56 Å². The Labute approximate surface area is 197 Å². The van der Waals surface area contributed by atoms with Gasteiger partial charge in [-0.3, -0.25) is 9.69 Å². The van der Waals surface area contributed by atoms with Gasteiger partial charge in [-0.2, -0.15) is 0 Å². The van der Waals surface area contributed by atoms with Crippen LogP contribution in [0.2, 0.25) is 5.02 Å². The molecule has 32 heavy (non-hydrogen) atoms. The van der Waals surface area contributed by atoms with Crippen molar-refractivity contribution in [1.82, 2.24) is 9.80 Å². The molecule has 0 N–H and O–H groups in total. The number of carbonyl (C=O) groups excluding carboxylic acids is 1. The van der Waals surface area contributed by atoms with Crippen LogP contribution in [0.3, 0.4) is 0 Å². The van der Waals surface area contributed by atoms with E-state index in [4.69, 9.17) is 16.3 Å². The molecule has 0 saturated carbocycles. The molecule has 5 heteroatoms. The van der Waals surface area contributed by atoms with Gasteiger partial charge in [-0.15, -0.1) is 0 Å². The molecule has 0 aliphatic carbocycles. The molecule has 4 nitrogen and oxygen atoms in total. The van der Waals surface area contributed by atoms with Gasteiger partial charge in [0.05, 0.1) is 6.61 Å². The molecule has 2 aliphatic rings. The zero-order chi connectivity index (χ0) is 22.7. The first kappa shape index (κ1) is 23.1. The normalized spacial score (nSPS) is 18.5. The van der Waals surface area contributed by atoms with Crippen LogP contribution in [0, 0.1) is 18.3 Å². The van der Waals surface area contributed by atoms with Crippen molar-refractivity contribution in [3.63, 3.8) is 0 Å². The van der Waals surface area contributed by atoms with Crippen molar-refractivity contribution in [1.29, 1.82) is 0 Å². The minimum absolute atomic E-state index is 0.113. The van der Waals surface area contributed by atoms with Crippen LogP contribution in [0.5, 0.6) is 5.75 Å². The minimum Gasteiger partial charge on any atom is -0.493 e. The summed E-state index contributed by atoms with van der Waals surface area (Å²) < 4.78 is 6.05. The maximum absolute atomic E-state index is 13.0. The largest absolute Gasteiger partial charge is 0.493 e. The monoisotopic (exact) mass is 454 g/mol. The van der Waals surface area contributed by atoms with Crippen LogP contribution < -0.4 is 4.74 Å². The van der Waals surface area contributed by atoms with Gasteiger partial charge < -0.3 is 9.64 Å². The number of rotatable bonds is 6. The summed E-state index contributed by atoms with van der Waals surface area (Å²) in [6.45, 7) is 11.8. The molecule has 0 aromatic heterocycles. The van der Waals surface area contributed by atoms with E-state index in [9.17, 15) is 4.79 Å². The lowest BCUT2D eigenvalue weighted by Gasteiger charge is -2.39. The molecule has 0 radical (unpaired) electrons. The molecule has 0 unspecified atom stereocenters. The van der Waals surface area contributed by atoms with Gasteiger partial charge in [-0.25, -0.2) is 0 Å². The zero-order valence-electron chi connectivity index (χ0n) is 19.6. The number of carbonyl (C=O) groups is 1. The highest BCUT2D eigenvalue weighted by molar-refractivity contribution is 6.31. The third kappa shape index (κ3) is 5.29. The Morgan fingerprint density at radius 3 is 2.53 bits per heavy atom. The van der Waals surface area contributed by atoms with Crippen molar-refractivity contribution in [3.8, 4) is 5.75 Å². The van der Waals surface area contributed by atoms with E-state index < -0.39 is 0 Å². The summed E-state index contributed by atoms with van der Waals surface area (Å²) in [6, 6.07) is 14.1. The number of hydrogen-bond acceptors (Lipinski definition) is 3. The topological polar surface area (TPSA) is 32.8 Å². The second-order valence-electron chi connectivity index (χ2n) is 10.0. The fourth-order valence-electron chi connectivity index (χ4n) is 4.88. The lowest BCUT2D eigenvalue weighted by atomic mass is 9.77. The first-order chi connectivity index (χ1) is 15.3. The van der Waals surface area contributed by atoms with Crippen molar-refractivity contribution < 1.29 is 9.53 Å². The second kappa shape index (κ2) is 9.84. The van der Waals surface area contributed by atoms with Crippen molar-refractivity contribution >= 4 is 17.5 Å². The smallest absolute Gasteiger partial charge is 0.253 e. The summed E-state index contributed by atoms with van der Waals surface area (Å²) in [4.78, 5) is 17.6. The second-order valence-corrected chi connectivity index (χ2v) is 10.4.